The lowest BCUT2D eigenvalue weighted by Gasteiger charge is -2.18. The summed E-state index contributed by atoms with van der Waals surface area (Å²) in [5, 5.41) is 5.05. The molecule has 2 heterocycles. The van der Waals surface area contributed by atoms with Gasteiger partial charge in [0, 0.05) is 7.05 Å². The Labute approximate surface area is 138 Å². The van der Waals surface area contributed by atoms with Crippen LogP contribution in [0.1, 0.15) is 0 Å². The summed E-state index contributed by atoms with van der Waals surface area (Å²) < 4.78 is 28.0. The quantitative estimate of drug-likeness (QED) is 0.664. The van der Waals surface area contributed by atoms with Crippen LogP contribution in [0.3, 0.4) is 0 Å². The van der Waals surface area contributed by atoms with Crippen molar-refractivity contribution in [3.05, 3.63) is 36.9 Å². The second kappa shape index (κ2) is 6.42. The number of hydrogen-bond donors (Lipinski definition) is 2. The minimum absolute atomic E-state index is 0.0505. The lowest BCUT2D eigenvalue weighted by Crippen LogP contribution is -2.25. The van der Waals surface area contributed by atoms with Crippen LogP contribution in [0, 0.1) is 0 Å². The predicted molar refractivity (Wildman–Crippen MR) is 88.3 cm³/mol. The molecule has 126 valence electrons. The normalized spacial score (nSPS) is 11.6. The van der Waals surface area contributed by atoms with E-state index < -0.39 is 10.0 Å². The number of H-pyrrole nitrogens is 1. The zero-order valence-electron chi connectivity index (χ0n) is 12.9. The molecule has 0 atom stereocenters. The second-order valence-electron chi connectivity index (χ2n) is 5.08. The molecule has 0 fully saturated rings. The third kappa shape index (κ3) is 3.44. The highest BCUT2D eigenvalue weighted by Gasteiger charge is 2.11. The Morgan fingerprint density at radius 2 is 1.96 bits per heavy atom. The fourth-order valence-corrected chi connectivity index (χ4v) is 2.69. The first kappa shape index (κ1) is 16.1. The van der Waals surface area contributed by atoms with Crippen LogP contribution in [0.15, 0.2) is 41.8 Å². The molecule has 3 N–H and O–H groups in total. The predicted octanol–water partition coefficient (Wildman–Crippen LogP) is 0.515. The van der Waals surface area contributed by atoms with Crippen molar-refractivity contribution in [3.8, 4) is 5.75 Å². The van der Waals surface area contributed by atoms with Crippen LogP contribution in [-0.4, -0.2) is 48.6 Å². The van der Waals surface area contributed by atoms with Crippen molar-refractivity contribution < 1.29 is 13.2 Å². The Morgan fingerprint density at radius 1 is 1.21 bits per heavy atom. The van der Waals surface area contributed by atoms with Gasteiger partial charge in [-0.1, -0.05) is 0 Å². The van der Waals surface area contributed by atoms with Gasteiger partial charge in [0.25, 0.3) is 0 Å². The van der Waals surface area contributed by atoms with Crippen LogP contribution in [0.2, 0.25) is 0 Å². The Balaban J connectivity index is 1.61. The van der Waals surface area contributed by atoms with Crippen LogP contribution in [-0.2, 0) is 10.0 Å². The number of aromatic amines is 1. The topological polar surface area (TPSA) is 127 Å². The lowest BCUT2D eigenvalue weighted by atomic mass is 10.3. The maximum atomic E-state index is 11.2. The summed E-state index contributed by atoms with van der Waals surface area (Å²) in [4.78, 5) is 17.4. The van der Waals surface area contributed by atoms with E-state index in [9.17, 15) is 8.42 Å². The molecule has 10 heteroatoms. The van der Waals surface area contributed by atoms with Gasteiger partial charge in [0.05, 0.1) is 17.8 Å². The molecule has 3 aromatic rings. The van der Waals surface area contributed by atoms with E-state index in [0.717, 1.165) is 11.3 Å². The first-order valence-electron chi connectivity index (χ1n) is 7.06. The Morgan fingerprint density at radius 3 is 2.67 bits per heavy atom. The summed E-state index contributed by atoms with van der Waals surface area (Å²) in [6.45, 7) is 0.965. The van der Waals surface area contributed by atoms with Crippen molar-refractivity contribution >= 4 is 27.0 Å². The number of hydrogen-bond acceptors (Lipinski definition) is 7. The molecule has 0 aliphatic carbocycles. The highest BCUT2D eigenvalue weighted by molar-refractivity contribution is 7.89. The van der Waals surface area contributed by atoms with Crippen LogP contribution < -0.4 is 14.8 Å². The molecule has 0 spiro atoms. The maximum Gasteiger partial charge on any atom is 0.238 e. The van der Waals surface area contributed by atoms with Gasteiger partial charge in [-0.3, -0.25) is 0 Å². The molecule has 0 saturated carbocycles. The molecular formula is C14H16N6O3S. The average molecular weight is 348 g/mol. The molecular weight excluding hydrogens is 332 g/mol. The van der Waals surface area contributed by atoms with E-state index in [0.29, 0.717) is 24.5 Å². The Kier molecular flexibility index (Phi) is 4.32. The molecule has 24 heavy (non-hydrogen) atoms. The average Bonchev–Trinajstić information content (AvgIpc) is 3.03. The Bertz CT molecular complexity index is 939. The van der Waals surface area contributed by atoms with Gasteiger partial charge in [0.1, 0.15) is 24.2 Å². The maximum absolute atomic E-state index is 11.2. The van der Waals surface area contributed by atoms with Crippen LogP contribution in [0.5, 0.6) is 5.75 Å². The summed E-state index contributed by atoms with van der Waals surface area (Å²) in [7, 11) is -1.81. The van der Waals surface area contributed by atoms with E-state index in [1.807, 2.05) is 11.9 Å². The Hall–Kier alpha value is -2.72. The first-order chi connectivity index (χ1) is 11.4. The van der Waals surface area contributed by atoms with Gasteiger partial charge in [-0.2, -0.15) is 0 Å². The number of nitrogens with zero attached hydrogens (tertiary/aromatic N) is 4. The molecule has 0 saturated heterocycles. The molecule has 1 aromatic carbocycles. The fourth-order valence-electron chi connectivity index (χ4n) is 2.17. The molecule has 3 rings (SSSR count). The van der Waals surface area contributed by atoms with Crippen molar-refractivity contribution in [2.24, 2.45) is 5.14 Å². The number of sulfonamides is 1. The number of primary sulfonamides is 1. The number of likely N-dealkylation sites (N-methyl/N-ethyl adjacent to an activating group) is 1. The van der Waals surface area contributed by atoms with Crippen molar-refractivity contribution in [2.45, 2.75) is 4.90 Å². The van der Waals surface area contributed by atoms with Gasteiger partial charge in [-0.15, -0.1) is 0 Å². The third-order valence-corrected chi connectivity index (χ3v) is 4.34. The highest BCUT2D eigenvalue weighted by Crippen LogP contribution is 2.18. The number of ether oxygens (including phenoxy) is 1. The van der Waals surface area contributed by atoms with Crippen molar-refractivity contribution in [1.29, 1.82) is 0 Å². The number of rotatable bonds is 6. The van der Waals surface area contributed by atoms with E-state index in [1.54, 1.807) is 18.5 Å². The van der Waals surface area contributed by atoms with E-state index in [4.69, 9.17) is 9.88 Å². The molecule has 0 bridgehead atoms. The molecule has 0 amide bonds. The number of fused-ring (bicyclic) bond motifs is 1. The summed E-state index contributed by atoms with van der Waals surface area (Å²) >= 11 is 0. The molecule has 2 aromatic heterocycles. The molecule has 0 radical (unpaired) electrons. The number of aromatic nitrogens is 4. The minimum Gasteiger partial charge on any atom is -0.492 e. The lowest BCUT2D eigenvalue weighted by molar-refractivity contribution is 0.325. The van der Waals surface area contributed by atoms with E-state index >= 15 is 0 Å². The molecule has 0 unspecified atom stereocenters. The first-order valence-corrected chi connectivity index (χ1v) is 8.60. The van der Waals surface area contributed by atoms with Gasteiger partial charge < -0.3 is 14.6 Å². The van der Waals surface area contributed by atoms with Crippen LogP contribution in [0.4, 0.5) is 5.82 Å². The number of imidazole rings is 1. The summed E-state index contributed by atoms with van der Waals surface area (Å²) in [6, 6.07) is 5.95. The van der Waals surface area contributed by atoms with Crippen molar-refractivity contribution in [2.75, 3.05) is 25.1 Å². The number of nitrogens with two attached hydrogens (primary N) is 1. The van der Waals surface area contributed by atoms with E-state index in [1.165, 1.54) is 18.5 Å². The van der Waals surface area contributed by atoms with Gasteiger partial charge in [-0.05, 0) is 24.3 Å². The molecule has 0 aliphatic rings. The number of anilines is 1. The molecule has 0 aliphatic heterocycles. The zero-order chi connectivity index (χ0) is 17.2. The van der Waals surface area contributed by atoms with E-state index in [2.05, 4.69) is 19.9 Å². The van der Waals surface area contributed by atoms with Crippen molar-refractivity contribution in [3.63, 3.8) is 0 Å². The molecule has 9 nitrogen and oxygen atoms in total. The summed E-state index contributed by atoms with van der Waals surface area (Å²) in [5.41, 5.74) is 1.36. The number of benzene rings is 1. The SMILES string of the molecule is CN(CCOc1ccc(S(N)(=O)=O)cc1)c1ncnc2nc[nH]c12. The smallest absolute Gasteiger partial charge is 0.238 e. The second-order valence-corrected chi connectivity index (χ2v) is 6.65. The van der Waals surface area contributed by atoms with Gasteiger partial charge in [0.15, 0.2) is 11.5 Å². The van der Waals surface area contributed by atoms with E-state index in [-0.39, 0.29) is 4.90 Å². The summed E-state index contributed by atoms with van der Waals surface area (Å²) in [6.07, 6.45) is 3.03. The van der Waals surface area contributed by atoms with Crippen molar-refractivity contribution in [1.82, 2.24) is 19.9 Å². The monoisotopic (exact) mass is 348 g/mol. The third-order valence-electron chi connectivity index (χ3n) is 3.41. The van der Waals surface area contributed by atoms with Gasteiger partial charge in [0.2, 0.25) is 10.0 Å². The summed E-state index contributed by atoms with van der Waals surface area (Å²) in [5.74, 6) is 1.29. The van der Waals surface area contributed by atoms with Crippen LogP contribution in [0.25, 0.3) is 11.2 Å². The fraction of sp³-hybridized carbons (Fsp3) is 0.214. The standard InChI is InChI=1S/C14H16N6O3S/c1-20(14-12-13(17-8-16-12)18-9-19-14)6-7-23-10-2-4-11(5-3-10)24(15,21)22/h2-5,8-9H,6-7H2,1H3,(H2,15,21,22)(H,16,17,18,19). The largest absolute Gasteiger partial charge is 0.492 e. The highest BCUT2D eigenvalue weighted by atomic mass is 32.2. The van der Waals surface area contributed by atoms with Gasteiger partial charge in [-0.25, -0.2) is 28.5 Å². The zero-order valence-corrected chi connectivity index (χ0v) is 13.7. The van der Waals surface area contributed by atoms with Gasteiger partial charge >= 0.3 is 0 Å². The number of nitrogens with one attached hydrogen (secondary N) is 1. The minimum atomic E-state index is -3.69. The van der Waals surface area contributed by atoms with Crippen LogP contribution >= 0.6 is 0 Å².